The summed E-state index contributed by atoms with van der Waals surface area (Å²) in [5, 5.41) is 0. The molecule has 60 valence electrons. The van der Waals surface area contributed by atoms with Gasteiger partial charge in [-0.05, 0) is 30.5 Å². The first-order chi connectivity index (χ1) is 5.15. The highest BCUT2D eigenvalue weighted by molar-refractivity contribution is 9.10. The first-order valence-corrected chi connectivity index (χ1v) is 4.49. The molecule has 0 atom stereocenters. The van der Waals surface area contributed by atoms with Crippen LogP contribution in [0.3, 0.4) is 0 Å². The molecular weight excluding hydrogens is 202 g/mol. The maximum Gasteiger partial charge on any atom is 0.0355 e. The van der Waals surface area contributed by atoms with Crippen LogP contribution in [-0.2, 0) is 6.42 Å². The average Bonchev–Trinajstić information content (AvgIpc) is 1.97. The van der Waals surface area contributed by atoms with E-state index in [4.69, 9.17) is 5.73 Å². The number of hydrogen-bond acceptors (Lipinski definition) is 1. The highest BCUT2D eigenvalue weighted by Crippen LogP contribution is 2.23. The van der Waals surface area contributed by atoms with Crippen molar-refractivity contribution in [2.24, 2.45) is 0 Å². The predicted molar refractivity (Wildman–Crippen MR) is 52.7 cm³/mol. The van der Waals surface area contributed by atoms with Crippen molar-refractivity contribution in [2.75, 3.05) is 5.73 Å². The van der Waals surface area contributed by atoms with Crippen molar-refractivity contribution in [1.29, 1.82) is 0 Å². The number of halogens is 1. The molecule has 11 heavy (non-hydrogen) atoms. The van der Waals surface area contributed by atoms with E-state index in [0.29, 0.717) is 0 Å². The summed E-state index contributed by atoms with van der Waals surface area (Å²) in [5.74, 6) is 0. The van der Waals surface area contributed by atoms with E-state index in [-0.39, 0.29) is 0 Å². The smallest absolute Gasteiger partial charge is 0.0355 e. The van der Waals surface area contributed by atoms with Gasteiger partial charge in [-0.2, -0.15) is 0 Å². The van der Waals surface area contributed by atoms with Gasteiger partial charge in [0.15, 0.2) is 0 Å². The van der Waals surface area contributed by atoms with E-state index in [1.54, 1.807) is 0 Å². The molecule has 1 aromatic rings. The second kappa shape index (κ2) is 3.26. The minimum Gasteiger partial charge on any atom is -0.398 e. The quantitative estimate of drug-likeness (QED) is 0.714. The average molecular weight is 214 g/mol. The summed E-state index contributed by atoms with van der Waals surface area (Å²) in [7, 11) is 0. The molecule has 2 heteroatoms. The summed E-state index contributed by atoms with van der Waals surface area (Å²) < 4.78 is 1.11. The molecule has 0 fully saturated rings. The summed E-state index contributed by atoms with van der Waals surface area (Å²) in [4.78, 5) is 0. The fraction of sp³-hybridized carbons (Fsp3) is 0.333. The van der Waals surface area contributed by atoms with Crippen molar-refractivity contribution in [3.8, 4) is 0 Å². The van der Waals surface area contributed by atoms with Crippen LogP contribution in [0.2, 0.25) is 0 Å². The normalized spacial score (nSPS) is 10.1. The number of hydrogen-bond donors (Lipinski definition) is 1. The molecule has 0 spiro atoms. The third-order valence-electron chi connectivity index (χ3n) is 1.82. The molecule has 0 aliphatic heterocycles. The monoisotopic (exact) mass is 213 g/mol. The number of anilines is 1. The molecule has 0 bridgehead atoms. The Labute approximate surface area is 75.7 Å². The predicted octanol–water partition coefficient (Wildman–Crippen LogP) is 2.90. The van der Waals surface area contributed by atoms with Crippen molar-refractivity contribution >= 4 is 21.6 Å². The zero-order chi connectivity index (χ0) is 8.43. The Hall–Kier alpha value is -0.500. The van der Waals surface area contributed by atoms with Crippen LogP contribution < -0.4 is 5.73 Å². The SMILES string of the molecule is CCc1cc(C)c(N)cc1Br. The van der Waals surface area contributed by atoms with E-state index < -0.39 is 0 Å². The van der Waals surface area contributed by atoms with E-state index in [1.165, 1.54) is 5.56 Å². The van der Waals surface area contributed by atoms with Crippen LogP contribution in [0.1, 0.15) is 18.1 Å². The van der Waals surface area contributed by atoms with Gasteiger partial charge < -0.3 is 5.73 Å². The maximum absolute atomic E-state index is 5.71. The zero-order valence-electron chi connectivity index (χ0n) is 6.82. The van der Waals surface area contributed by atoms with Crippen LogP contribution in [0.5, 0.6) is 0 Å². The van der Waals surface area contributed by atoms with E-state index >= 15 is 0 Å². The lowest BCUT2D eigenvalue weighted by atomic mass is 10.1. The number of nitrogens with two attached hydrogens (primary N) is 1. The Morgan fingerprint density at radius 3 is 2.64 bits per heavy atom. The molecule has 0 saturated heterocycles. The fourth-order valence-corrected chi connectivity index (χ4v) is 1.67. The Morgan fingerprint density at radius 2 is 2.09 bits per heavy atom. The molecule has 0 heterocycles. The van der Waals surface area contributed by atoms with Crippen LogP contribution in [-0.4, -0.2) is 0 Å². The van der Waals surface area contributed by atoms with Crippen molar-refractivity contribution in [2.45, 2.75) is 20.3 Å². The third kappa shape index (κ3) is 1.74. The first kappa shape index (κ1) is 8.60. The van der Waals surface area contributed by atoms with Crippen molar-refractivity contribution in [1.82, 2.24) is 0 Å². The van der Waals surface area contributed by atoms with Crippen molar-refractivity contribution < 1.29 is 0 Å². The molecular formula is C9H12BrN. The van der Waals surface area contributed by atoms with Gasteiger partial charge in [-0.3, -0.25) is 0 Å². The zero-order valence-corrected chi connectivity index (χ0v) is 8.40. The van der Waals surface area contributed by atoms with Gasteiger partial charge in [0, 0.05) is 10.2 Å². The minimum absolute atomic E-state index is 0.856. The minimum atomic E-state index is 0.856. The van der Waals surface area contributed by atoms with Crippen LogP contribution >= 0.6 is 15.9 Å². The second-order valence-corrected chi connectivity index (χ2v) is 3.51. The van der Waals surface area contributed by atoms with Crippen molar-refractivity contribution in [3.05, 3.63) is 27.7 Å². The second-order valence-electron chi connectivity index (χ2n) is 2.65. The molecule has 0 aliphatic carbocycles. The number of benzene rings is 1. The lowest BCUT2D eigenvalue weighted by Gasteiger charge is -2.05. The summed E-state index contributed by atoms with van der Waals surface area (Å²) in [6.07, 6.45) is 1.04. The number of aryl methyl sites for hydroxylation is 2. The maximum atomic E-state index is 5.71. The molecule has 0 radical (unpaired) electrons. The molecule has 2 N–H and O–H groups in total. The summed E-state index contributed by atoms with van der Waals surface area (Å²) >= 11 is 3.46. The number of rotatable bonds is 1. The topological polar surface area (TPSA) is 26.0 Å². The van der Waals surface area contributed by atoms with Crippen LogP contribution in [0.25, 0.3) is 0 Å². The number of nitrogen functional groups attached to an aromatic ring is 1. The molecule has 0 saturated carbocycles. The van der Waals surface area contributed by atoms with Crippen LogP contribution in [0, 0.1) is 6.92 Å². The molecule has 0 aromatic heterocycles. The lowest BCUT2D eigenvalue weighted by molar-refractivity contribution is 1.12. The van der Waals surface area contributed by atoms with Crippen molar-refractivity contribution in [3.63, 3.8) is 0 Å². The summed E-state index contributed by atoms with van der Waals surface area (Å²) in [6, 6.07) is 4.09. The van der Waals surface area contributed by atoms with E-state index in [0.717, 1.165) is 22.1 Å². The Bertz CT molecular complexity index is 269. The molecule has 1 rings (SSSR count). The summed E-state index contributed by atoms with van der Waals surface area (Å²) in [5.41, 5.74) is 9.04. The van der Waals surface area contributed by atoms with E-state index in [2.05, 4.69) is 28.9 Å². The molecule has 1 nitrogen and oxygen atoms in total. The lowest BCUT2D eigenvalue weighted by Crippen LogP contribution is -1.92. The summed E-state index contributed by atoms with van der Waals surface area (Å²) in [6.45, 7) is 4.16. The standard InChI is InChI=1S/C9H12BrN/c1-3-7-4-6(2)9(11)5-8(7)10/h4-5H,3,11H2,1-2H3. The highest BCUT2D eigenvalue weighted by atomic mass is 79.9. The molecule has 1 aromatic carbocycles. The van der Waals surface area contributed by atoms with Gasteiger partial charge in [0.05, 0.1) is 0 Å². The van der Waals surface area contributed by atoms with Gasteiger partial charge in [0.25, 0.3) is 0 Å². The fourth-order valence-electron chi connectivity index (χ4n) is 1.03. The van der Waals surface area contributed by atoms with Gasteiger partial charge >= 0.3 is 0 Å². The van der Waals surface area contributed by atoms with Gasteiger partial charge in [0.2, 0.25) is 0 Å². The first-order valence-electron chi connectivity index (χ1n) is 3.69. The Balaban J connectivity index is 3.21. The highest BCUT2D eigenvalue weighted by Gasteiger charge is 2.00. The van der Waals surface area contributed by atoms with E-state index in [1.807, 2.05) is 13.0 Å². The van der Waals surface area contributed by atoms with Gasteiger partial charge in [-0.25, -0.2) is 0 Å². The van der Waals surface area contributed by atoms with Crippen LogP contribution in [0.4, 0.5) is 5.69 Å². The van der Waals surface area contributed by atoms with Gasteiger partial charge in [0.1, 0.15) is 0 Å². The Kier molecular flexibility index (Phi) is 2.55. The van der Waals surface area contributed by atoms with Gasteiger partial charge in [-0.15, -0.1) is 0 Å². The molecule has 0 amide bonds. The third-order valence-corrected chi connectivity index (χ3v) is 2.55. The Morgan fingerprint density at radius 1 is 1.45 bits per heavy atom. The molecule has 0 unspecified atom stereocenters. The largest absolute Gasteiger partial charge is 0.398 e. The molecule has 0 aliphatic rings. The van der Waals surface area contributed by atoms with Gasteiger partial charge in [-0.1, -0.05) is 28.9 Å². The van der Waals surface area contributed by atoms with Crippen LogP contribution in [0.15, 0.2) is 16.6 Å². The van der Waals surface area contributed by atoms with E-state index in [9.17, 15) is 0 Å².